The Morgan fingerprint density at radius 2 is 1.57 bits per heavy atom. The van der Waals surface area contributed by atoms with E-state index in [1.54, 1.807) is 6.07 Å². The molecular weight excluding hydrogens is 308 g/mol. The van der Waals surface area contributed by atoms with E-state index in [9.17, 15) is 29.8 Å². The van der Waals surface area contributed by atoms with Gasteiger partial charge in [-0.2, -0.15) is 0 Å². The molecule has 9 nitrogen and oxygen atoms in total. The Kier molecular flexibility index (Phi) is 4.41. The van der Waals surface area contributed by atoms with Gasteiger partial charge in [0, 0.05) is 11.6 Å². The third-order valence-corrected chi connectivity index (χ3v) is 2.77. The molecule has 0 saturated carbocycles. The first kappa shape index (κ1) is 15.8. The highest BCUT2D eigenvalue weighted by Crippen LogP contribution is 2.31. The van der Waals surface area contributed by atoms with Gasteiger partial charge in [0.2, 0.25) is 5.75 Å². The number of esters is 1. The molecule has 0 saturated heterocycles. The van der Waals surface area contributed by atoms with Gasteiger partial charge in [-0.1, -0.05) is 30.3 Å². The summed E-state index contributed by atoms with van der Waals surface area (Å²) in [4.78, 5) is 43.4. The maximum Gasteiger partial charge on any atom is 0.385 e. The molecule has 0 aliphatic heterocycles. The van der Waals surface area contributed by atoms with E-state index in [0.717, 1.165) is 12.1 Å². The van der Waals surface area contributed by atoms with Crippen molar-refractivity contribution >= 4 is 23.1 Å². The van der Waals surface area contributed by atoms with Crippen LogP contribution in [0.15, 0.2) is 48.5 Å². The SMILES string of the molecule is O=C(Oc1ccc([N+](=O)[O-])cc1[N+](=O)[O-])C(=O)c1ccccc1. The highest BCUT2D eigenvalue weighted by atomic mass is 16.6. The van der Waals surface area contributed by atoms with Crippen molar-refractivity contribution in [1.82, 2.24) is 0 Å². The number of carbonyl (C=O) groups excluding carboxylic acids is 2. The molecule has 0 atom stereocenters. The molecule has 0 aliphatic carbocycles. The fourth-order valence-electron chi connectivity index (χ4n) is 1.70. The quantitative estimate of drug-likeness (QED) is 0.206. The van der Waals surface area contributed by atoms with Crippen molar-refractivity contribution in [2.24, 2.45) is 0 Å². The summed E-state index contributed by atoms with van der Waals surface area (Å²) in [7, 11) is 0. The average molecular weight is 316 g/mol. The fraction of sp³-hybridized carbons (Fsp3) is 0. The number of benzene rings is 2. The van der Waals surface area contributed by atoms with Crippen LogP contribution >= 0.6 is 0 Å². The van der Waals surface area contributed by atoms with Crippen molar-refractivity contribution in [1.29, 1.82) is 0 Å². The second kappa shape index (κ2) is 6.43. The van der Waals surface area contributed by atoms with Gasteiger partial charge in [-0.05, 0) is 6.07 Å². The van der Waals surface area contributed by atoms with Crippen LogP contribution in [0.2, 0.25) is 0 Å². The predicted molar refractivity (Wildman–Crippen MR) is 76.2 cm³/mol. The monoisotopic (exact) mass is 316 g/mol. The zero-order chi connectivity index (χ0) is 17.0. The van der Waals surface area contributed by atoms with Gasteiger partial charge in [0.1, 0.15) is 0 Å². The van der Waals surface area contributed by atoms with Crippen molar-refractivity contribution in [3.63, 3.8) is 0 Å². The number of nitro groups is 2. The first-order valence-corrected chi connectivity index (χ1v) is 6.14. The number of nitrogens with zero attached hydrogens (tertiary/aromatic N) is 2. The molecule has 0 bridgehead atoms. The van der Waals surface area contributed by atoms with Gasteiger partial charge >= 0.3 is 11.7 Å². The van der Waals surface area contributed by atoms with E-state index in [0.29, 0.717) is 6.07 Å². The molecule has 9 heteroatoms. The largest absolute Gasteiger partial charge is 0.413 e. The van der Waals surface area contributed by atoms with E-state index >= 15 is 0 Å². The summed E-state index contributed by atoms with van der Waals surface area (Å²) in [5, 5.41) is 21.5. The lowest BCUT2D eigenvalue weighted by Crippen LogP contribution is -2.20. The summed E-state index contributed by atoms with van der Waals surface area (Å²) in [6.07, 6.45) is 0. The van der Waals surface area contributed by atoms with E-state index < -0.39 is 38.7 Å². The molecule has 0 fully saturated rings. The van der Waals surface area contributed by atoms with Crippen LogP contribution in [0.1, 0.15) is 10.4 Å². The van der Waals surface area contributed by atoms with Crippen molar-refractivity contribution in [2.75, 3.05) is 0 Å². The van der Waals surface area contributed by atoms with Gasteiger partial charge in [-0.15, -0.1) is 0 Å². The lowest BCUT2D eigenvalue weighted by Gasteiger charge is -2.04. The predicted octanol–water partition coefficient (Wildman–Crippen LogP) is 2.29. The van der Waals surface area contributed by atoms with Crippen LogP contribution in [0.4, 0.5) is 11.4 Å². The summed E-state index contributed by atoms with van der Waals surface area (Å²) in [6, 6.07) is 9.96. The van der Waals surface area contributed by atoms with Crippen LogP contribution in [0.5, 0.6) is 5.75 Å². The fourth-order valence-corrected chi connectivity index (χ4v) is 1.70. The maximum atomic E-state index is 11.9. The lowest BCUT2D eigenvalue weighted by molar-refractivity contribution is -0.394. The minimum atomic E-state index is -1.33. The van der Waals surface area contributed by atoms with Crippen LogP contribution in [0, 0.1) is 20.2 Å². The molecule has 0 aromatic heterocycles. The Hall–Kier alpha value is -3.62. The topological polar surface area (TPSA) is 130 Å². The molecule has 0 heterocycles. The van der Waals surface area contributed by atoms with Crippen molar-refractivity contribution in [2.45, 2.75) is 0 Å². The van der Waals surface area contributed by atoms with E-state index in [2.05, 4.69) is 0 Å². The third-order valence-electron chi connectivity index (χ3n) is 2.77. The van der Waals surface area contributed by atoms with E-state index in [1.807, 2.05) is 0 Å². The number of nitro benzene ring substituents is 2. The van der Waals surface area contributed by atoms with Crippen LogP contribution in [0.3, 0.4) is 0 Å². The molecule has 0 spiro atoms. The molecule has 2 rings (SSSR count). The Morgan fingerprint density at radius 3 is 2.13 bits per heavy atom. The highest BCUT2D eigenvalue weighted by Gasteiger charge is 2.25. The zero-order valence-electron chi connectivity index (χ0n) is 11.4. The van der Waals surface area contributed by atoms with Gasteiger partial charge in [0.05, 0.1) is 15.9 Å². The van der Waals surface area contributed by atoms with Gasteiger partial charge in [0.25, 0.3) is 11.5 Å². The van der Waals surface area contributed by atoms with Crippen LogP contribution < -0.4 is 4.74 Å². The summed E-state index contributed by atoms with van der Waals surface area (Å²) >= 11 is 0. The van der Waals surface area contributed by atoms with E-state index in [4.69, 9.17) is 4.74 Å². The molecule has 2 aromatic rings. The first-order chi connectivity index (χ1) is 10.9. The number of rotatable bonds is 5. The number of hydrogen-bond donors (Lipinski definition) is 0. The summed E-state index contributed by atoms with van der Waals surface area (Å²) in [5.41, 5.74) is -1.26. The number of non-ortho nitro benzene ring substituents is 1. The molecule has 0 aliphatic rings. The highest BCUT2D eigenvalue weighted by molar-refractivity contribution is 6.41. The van der Waals surface area contributed by atoms with Gasteiger partial charge in [0.15, 0.2) is 0 Å². The van der Waals surface area contributed by atoms with Crippen LogP contribution in [-0.4, -0.2) is 21.6 Å². The molecule has 0 unspecified atom stereocenters. The molecule has 2 aromatic carbocycles. The lowest BCUT2D eigenvalue weighted by atomic mass is 10.1. The van der Waals surface area contributed by atoms with Crippen LogP contribution in [-0.2, 0) is 4.79 Å². The number of hydrogen-bond acceptors (Lipinski definition) is 7. The normalized spacial score (nSPS) is 9.91. The number of ether oxygens (including phenoxy) is 1. The Bertz CT molecular complexity index is 802. The maximum absolute atomic E-state index is 11.9. The van der Waals surface area contributed by atoms with Crippen molar-refractivity contribution in [3.05, 3.63) is 74.3 Å². The Balaban J connectivity index is 2.29. The second-order valence-corrected chi connectivity index (χ2v) is 4.25. The molecule has 0 amide bonds. The van der Waals surface area contributed by atoms with Gasteiger partial charge < -0.3 is 4.74 Å². The smallest absolute Gasteiger partial charge is 0.385 e. The summed E-state index contributed by atoms with van der Waals surface area (Å²) in [5.74, 6) is -2.86. The second-order valence-electron chi connectivity index (χ2n) is 4.25. The zero-order valence-corrected chi connectivity index (χ0v) is 11.4. The first-order valence-electron chi connectivity index (χ1n) is 6.14. The summed E-state index contributed by atoms with van der Waals surface area (Å²) < 4.78 is 4.71. The summed E-state index contributed by atoms with van der Waals surface area (Å²) in [6.45, 7) is 0. The van der Waals surface area contributed by atoms with Crippen molar-refractivity contribution < 1.29 is 24.2 Å². The van der Waals surface area contributed by atoms with E-state index in [-0.39, 0.29) is 5.56 Å². The van der Waals surface area contributed by atoms with Gasteiger partial charge in [-0.3, -0.25) is 25.0 Å². The van der Waals surface area contributed by atoms with Gasteiger partial charge in [-0.25, -0.2) is 4.79 Å². The average Bonchev–Trinajstić information content (AvgIpc) is 2.54. The Morgan fingerprint density at radius 1 is 0.913 bits per heavy atom. The van der Waals surface area contributed by atoms with E-state index in [1.165, 1.54) is 24.3 Å². The molecule has 0 N–H and O–H groups in total. The Labute approximate surface area is 128 Å². The standard InChI is InChI=1S/C14H8N2O7/c17-13(9-4-2-1-3-5-9)14(18)23-12-7-6-10(15(19)20)8-11(12)16(21)22/h1-8H. The number of carbonyl (C=O) groups is 2. The molecule has 0 radical (unpaired) electrons. The molecule has 23 heavy (non-hydrogen) atoms. The minimum Gasteiger partial charge on any atom is -0.413 e. The third kappa shape index (κ3) is 3.53. The molecular formula is C14H8N2O7. The number of ketones is 1. The van der Waals surface area contributed by atoms with Crippen molar-refractivity contribution in [3.8, 4) is 5.75 Å². The number of Topliss-reactive ketones (excluding diaryl/α,β-unsaturated/α-hetero) is 1. The minimum absolute atomic E-state index is 0.0575. The molecule has 116 valence electrons. The van der Waals surface area contributed by atoms with Crippen LogP contribution in [0.25, 0.3) is 0 Å².